The summed E-state index contributed by atoms with van der Waals surface area (Å²) in [6, 6.07) is 16.8. The lowest BCUT2D eigenvalue weighted by molar-refractivity contribution is -0.120. The fourth-order valence-electron chi connectivity index (χ4n) is 3.37. The lowest BCUT2D eigenvalue weighted by Gasteiger charge is -2.16. The van der Waals surface area contributed by atoms with E-state index in [1.165, 1.54) is 17.7 Å². The average molecular weight is 340 g/mol. The van der Waals surface area contributed by atoms with Crippen LogP contribution in [0.25, 0.3) is 0 Å². The molecule has 0 unspecified atom stereocenters. The number of rotatable bonds is 7. The maximum absolute atomic E-state index is 13.2. The van der Waals surface area contributed by atoms with Crippen LogP contribution in [-0.2, 0) is 17.6 Å². The van der Waals surface area contributed by atoms with Gasteiger partial charge in [0.25, 0.3) is 0 Å². The largest absolute Gasteiger partial charge is 0.355 e. The lowest BCUT2D eigenvalue weighted by Crippen LogP contribution is -2.32. The first-order valence-electron chi connectivity index (χ1n) is 8.96. The summed E-state index contributed by atoms with van der Waals surface area (Å²) in [7, 11) is 0. The molecule has 0 saturated carbocycles. The molecule has 0 aliphatic carbocycles. The van der Waals surface area contributed by atoms with E-state index in [-0.39, 0.29) is 18.1 Å². The van der Waals surface area contributed by atoms with Crippen LogP contribution in [0.4, 0.5) is 4.39 Å². The van der Waals surface area contributed by atoms with Crippen LogP contribution in [0.2, 0.25) is 0 Å². The van der Waals surface area contributed by atoms with Gasteiger partial charge in [0.1, 0.15) is 5.82 Å². The molecular weight excluding hydrogens is 315 g/mol. The first kappa shape index (κ1) is 17.6. The van der Waals surface area contributed by atoms with Crippen molar-refractivity contribution in [2.24, 2.45) is 5.92 Å². The maximum Gasteiger partial charge on any atom is 0.224 e. The van der Waals surface area contributed by atoms with E-state index >= 15 is 0 Å². The number of nitrogens with one attached hydrogen (secondary N) is 1. The zero-order valence-corrected chi connectivity index (χ0v) is 14.5. The molecule has 1 fully saturated rings. The van der Waals surface area contributed by atoms with Gasteiger partial charge in [-0.3, -0.25) is 4.79 Å². The van der Waals surface area contributed by atoms with Crippen LogP contribution in [0.5, 0.6) is 0 Å². The van der Waals surface area contributed by atoms with E-state index in [1.807, 2.05) is 6.07 Å². The number of benzene rings is 2. The highest BCUT2D eigenvalue weighted by molar-refractivity contribution is 5.78. The van der Waals surface area contributed by atoms with Gasteiger partial charge in [-0.15, -0.1) is 0 Å². The van der Waals surface area contributed by atoms with Crippen LogP contribution in [0, 0.1) is 11.7 Å². The topological polar surface area (TPSA) is 32.3 Å². The second kappa shape index (κ2) is 8.77. The summed E-state index contributed by atoms with van der Waals surface area (Å²) in [5, 5.41) is 3.00. The Kier molecular flexibility index (Phi) is 6.18. The molecular formula is C21H25FN2O. The van der Waals surface area contributed by atoms with Crippen LogP contribution in [-0.4, -0.2) is 37.0 Å². The van der Waals surface area contributed by atoms with Gasteiger partial charge in [0, 0.05) is 19.6 Å². The van der Waals surface area contributed by atoms with Gasteiger partial charge in [0.15, 0.2) is 0 Å². The molecule has 1 heterocycles. The molecule has 1 amide bonds. The van der Waals surface area contributed by atoms with Gasteiger partial charge in [-0.25, -0.2) is 4.39 Å². The van der Waals surface area contributed by atoms with Crippen molar-refractivity contribution in [3.63, 3.8) is 0 Å². The Balaban J connectivity index is 1.36. The van der Waals surface area contributed by atoms with Crippen molar-refractivity contribution in [2.45, 2.75) is 19.3 Å². The number of carbonyl (C=O) groups is 1. The SMILES string of the molecule is O=C(Cc1cccc(F)c1)NC[C@@H]1CCN(CCc2ccccc2)C1. The summed E-state index contributed by atoms with van der Waals surface area (Å²) in [5.41, 5.74) is 2.09. The standard InChI is InChI=1S/C21H25FN2O/c22-20-8-4-7-18(13-20)14-21(25)23-15-19-10-12-24(16-19)11-9-17-5-2-1-3-6-17/h1-8,13,19H,9-12,14-16H2,(H,23,25)/t19-/m0/s1. The number of hydrogen-bond acceptors (Lipinski definition) is 2. The molecule has 1 atom stereocenters. The Bertz CT molecular complexity index is 689. The van der Waals surface area contributed by atoms with Crippen LogP contribution < -0.4 is 5.32 Å². The van der Waals surface area contributed by atoms with Crippen molar-refractivity contribution in [3.8, 4) is 0 Å². The highest BCUT2D eigenvalue weighted by Gasteiger charge is 2.22. The average Bonchev–Trinajstić information content (AvgIpc) is 3.07. The molecule has 3 rings (SSSR count). The van der Waals surface area contributed by atoms with E-state index in [0.29, 0.717) is 18.0 Å². The third-order valence-corrected chi connectivity index (χ3v) is 4.77. The normalized spacial score (nSPS) is 17.6. The molecule has 1 aliphatic rings. The molecule has 0 aromatic heterocycles. The van der Waals surface area contributed by atoms with Gasteiger partial charge in [-0.1, -0.05) is 42.5 Å². The minimum absolute atomic E-state index is 0.0339. The second-order valence-corrected chi connectivity index (χ2v) is 6.80. The molecule has 132 valence electrons. The summed E-state index contributed by atoms with van der Waals surface area (Å²) in [6.45, 7) is 3.90. The molecule has 1 saturated heterocycles. The summed E-state index contributed by atoms with van der Waals surface area (Å²) in [4.78, 5) is 14.5. The van der Waals surface area contributed by atoms with Gasteiger partial charge in [-0.2, -0.15) is 0 Å². The second-order valence-electron chi connectivity index (χ2n) is 6.80. The number of amides is 1. The minimum atomic E-state index is -0.296. The molecule has 4 heteroatoms. The zero-order valence-electron chi connectivity index (χ0n) is 14.5. The fourth-order valence-corrected chi connectivity index (χ4v) is 3.37. The van der Waals surface area contributed by atoms with Crippen LogP contribution >= 0.6 is 0 Å². The van der Waals surface area contributed by atoms with Crippen molar-refractivity contribution >= 4 is 5.91 Å². The van der Waals surface area contributed by atoms with Crippen molar-refractivity contribution in [1.29, 1.82) is 0 Å². The number of likely N-dealkylation sites (tertiary alicyclic amines) is 1. The number of hydrogen-bond donors (Lipinski definition) is 1. The molecule has 1 aliphatic heterocycles. The number of nitrogens with zero attached hydrogens (tertiary/aromatic N) is 1. The molecule has 0 radical (unpaired) electrons. The molecule has 2 aromatic carbocycles. The summed E-state index contributed by atoms with van der Waals surface area (Å²) < 4.78 is 13.2. The molecule has 2 aromatic rings. The minimum Gasteiger partial charge on any atom is -0.355 e. The van der Waals surface area contributed by atoms with Crippen molar-refractivity contribution in [3.05, 3.63) is 71.5 Å². The van der Waals surface area contributed by atoms with E-state index in [9.17, 15) is 9.18 Å². The molecule has 1 N–H and O–H groups in total. The Hall–Kier alpha value is -2.20. The van der Waals surface area contributed by atoms with Gasteiger partial charge in [0.2, 0.25) is 5.91 Å². The Labute approximate surface area is 148 Å². The highest BCUT2D eigenvalue weighted by Crippen LogP contribution is 2.16. The van der Waals surface area contributed by atoms with Crippen molar-refractivity contribution in [1.82, 2.24) is 10.2 Å². The quantitative estimate of drug-likeness (QED) is 0.840. The molecule has 25 heavy (non-hydrogen) atoms. The van der Waals surface area contributed by atoms with E-state index in [2.05, 4.69) is 34.5 Å². The van der Waals surface area contributed by atoms with Crippen molar-refractivity contribution < 1.29 is 9.18 Å². The van der Waals surface area contributed by atoms with Gasteiger partial charge in [-0.05, 0) is 48.6 Å². The predicted octanol–water partition coefficient (Wildman–Crippen LogP) is 3.05. The third kappa shape index (κ3) is 5.68. The van der Waals surface area contributed by atoms with E-state index < -0.39 is 0 Å². The summed E-state index contributed by atoms with van der Waals surface area (Å²) >= 11 is 0. The Morgan fingerprint density at radius 3 is 2.72 bits per heavy atom. The smallest absolute Gasteiger partial charge is 0.224 e. The molecule has 3 nitrogen and oxygen atoms in total. The molecule has 0 bridgehead atoms. The van der Waals surface area contributed by atoms with Crippen LogP contribution in [0.1, 0.15) is 17.5 Å². The van der Waals surface area contributed by atoms with Crippen molar-refractivity contribution in [2.75, 3.05) is 26.2 Å². The Morgan fingerprint density at radius 1 is 1.12 bits per heavy atom. The van der Waals surface area contributed by atoms with Crippen LogP contribution in [0.15, 0.2) is 54.6 Å². The highest BCUT2D eigenvalue weighted by atomic mass is 19.1. The van der Waals surface area contributed by atoms with E-state index in [4.69, 9.17) is 0 Å². The monoisotopic (exact) mass is 340 g/mol. The van der Waals surface area contributed by atoms with E-state index in [0.717, 1.165) is 32.5 Å². The van der Waals surface area contributed by atoms with E-state index in [1.54, 1.807) is 12.1 Å². The first-order valence-corrected chi connectivity index (χ1v) is 8.96. The predicted molar refractivity (Wildman–Crippen MR) is 97.8 cm³/mol. The Morgan fingerprint density at radius 2 is 1.92 bits per heavy atom. The third-order valence-electron chi connectivity index (χ3n) is 4.77. The summed E-state index contributed by atoms with van der Waals surface area (Å²) in [5.74, 6) is 0.177. The lowest BCUT2D eigenvalue weighted by atomic mass is 10.1. The number of halogens is 1. The zero-order chi connectivity index (χ0) is 17.5. The summed E-state index contributed by atoms with van der Waals surface area (Å²) in [6.07, 6.45) is 2.43. The number of carbonyl (C=O) groups excluding carboxylic acids is 1. The molecule has 0 spiro atoms. The van der Waals surface area contributed by atoms with Gasteiger partial charge >= 0.3 is 0 Å². The fraction of sp³-hybridized carbons (Fsp3) is 0.381. The van der Waals surface area contributed by atoms with Gasteiger partial charge < -0.3 is 10.2 Å². The first-order chi connectivity index (χ1) is 12.2. The maximum atomic E-state index is 13.2. The van der Waals surface area contributed by atoms with Crippen LogP contribution in [0.3, 0.4) is 0 Å². The van der Waals surface area contributed by atoms with Gasteiger partial charge in [0.05, 0.1) is 6.42 Å².